The highest BCUT2D eigenvalue weighted by Crippen LogP contribution is 2.35. The molecule has 0 aromatic heterocycles. The largest absolute Gasteiger partial charge is 0.349 e. The van der Waals surface area contributed by atoms with E-state index in [4.69, 9.17) is 5.73 Å². The second kappa shape index (κ2) is 7.41. The first-order valence-corrected chi connectivity index (χ1v) is 8.63. The highest BCUT2D eigenvalue weighted by Gasteiger charge is 2.37. The second-order valence-electron chi connectivity index (χ2n) is 6.15. The molecule has 116 valence electrons. The molecule has 0 radical (unpaired) electrons. The van der Waals surface area contributed by atoms with Crippen LogP contribution in [0, 0.1) is 5.41 Å². The van der Waals surface area contributed by atoms with E-state index in [0.717, 1.165) is 35.7 Å². The molecular formula is C17H25BrN2O. The van der Waals surface area contributed by atoms with E-state index < -0.39 is 0 Å². The standard InChI is InChI=1S/C17H25BrN2O/c1-13(14-7-6-8-15(18)11-14)20-16(21)17(12-19)9-4-2-3-5-10-17/h6-8,11,13H,2-5,9-10,12,19H2,1H3,(H,20,21)/t13-/m0/s1. The summed E-state index contributed by atoms with van der Waals surface area (Å²) >= 11 is 3.48. The van der Waals surface area contributed by atoms with Gasteiger partial charge in [-0.1, -0.05) is 53.7 Å². The summed E-state index contributed by atoms with van der Waals surface area (Å²) in [7, 11) is 0. The van der Waals surface area contributed by atoms with Crippen molar-refractivity contribution in [1.82, 2.24) is 5.32 Å². The molecule has 0 heterocycles. The molecule has 2 rings (SSSR count). The summed E-state index contributed by atoms with van der Waals surface area (Å²) in [5.41, 5.74) is 6.72. The number of benzene rings is 1. The van der Waals surface area contributed by atoms with Crippen LogP contribution in [0.15, 0.2) is 28.7 Å². The average Bonchev–Trinajstić information content (AvgIpc) is 2.73. The van der Waals surface area contributed by atoms with Crippen molar-refractivity contribution in [2.75, 3.05) is 6.54 Å². The van der Waals surface area contributed by atoms with Crippen LogP contribution in [-0.2, 0) is 4.79 Å². The van der Waals surface area contributed by atoms with Gasteiger partial charge in [-0.25, -0.2) is 0 Å². The van der Waals surface area contributed by atoms with Crippen LogP contribution in [0.3, 0.4) is 0 Å². The molecule has 1 fully saturated rings. The van der Waals surface area contributed by atoms with Crippen LogP contribution >= 0.6 is 15.9 Å². The Morgan fingerprint density at radius 1 is 1.33 bits per heavy atom. The summed E-state index contributed by atoms with van der Waals surface area (Å²) < 4.78 is 1.03. The molecule has 1 amide bonds. The van der Waals surface area contributed by atoms with Gasteiger partial charge in [0.25, 0.3) is 0 Å². The lowest BCUT2D eigenvalue weighted by Gasteiger charge is -2.31. The van der Waals surface area contributed by atoms with E-state index >= 15 is 0 Å². The van der Waals surface area contributed by atoms with Crippen molar-refractivity contribution in [2.24, 2.45) is 11.1 Å². The van der Waals surface area contributed by atoms with Gasteiger partial charge >= 0.3 is 0 Å². The fourth-order valence-corrected chi connectivity index (χ4v) is 3.56. The third-order valence-electron chi connectivity index (χ3n) is 4.63. The van der Waals surface area contributed by atoms with Gasteiger partial charge in [-0.3, -0.25) is 4.79 Å². The smallest absolute Gasteiger partial charge is 0.227 e. The maximum atomic E-state index is 12.8. The van der Waals surface area contributed by atoms with Crippen molar-refractivity contribution in [3.05, 3.63) is 34.3 Å². The maximum Gasteiger partial charge on any atom is 0.227 e. The summed E-state index contributed by atoms with van der Waals surface area (Å²) in [5.74, 6) is 0.124. The molecule has 0 spiro atoms. The van der Waals surface area contributed by atoms with E-state index in [1.165, 1.54) is 12.8 Å². The summed E-state index contributed by atoms with van der Waals surface area (Å²) in [5, 5.41) is 3.17. The number of hydrogen-bond donors (Lipinski definition) is 2. The van der Waals surface area contributed by atoms with Crippen molar-refractivity contribution in [3.63, 3.8) is 0 Å². The van der Waals surface area contributed by atoms with Crippen molar-refractivity contribution in [2.45, 2.75) is 51.5 Å². The summed E-state index contributed by atoms with van der Waals surface area (Å²) in [6.45, 7) is 2.48. The van der Waals surface area contributed by atoms with Gasteiger partial charge in [0.15, 0.2) is 0 Å². The normalized spacial score (nSPS) is 19.6. The number of nitrogens with two attached hydrogens (primary N) is 1. The molecular weight excluding hydrogens is 328 g/mol. The van der Waals surface area contributed by atoms with Crippen LogP contribution in [0.5, 0.6) is 0 Å². The van der Waals surface area contributed by atoms with E-state index in [1.54, 1.807) is 0 Å². The number of carbonyl (C=O) groups is 1. The minimum atomic E-state index is -0.364. The molecule has 0 saturated heterocycles. The molecule has 1 aromatic rings. The zero-order chi connectivity index (χ0) is 15.3. The summed E-state index contributed by atoms with van der Waals surface area (Å²) in [6, 6.07) is 8.07. The van der Waals surface area contributed by atoms with Crippen molar-refractivity contribution in [3.8, 4) is 0 Å². The lowest BCUT2D eigenvalue weighted by Crippen LogP contribution is -2.46. The first-order chi connectivity index (χ1) is 10.1. The SMILES string of the molecule is C[C@H](NC(=O)C1(CN)CCCCCC1)c1cccc(Br)c1. The second-order valence-corrected chi connectivity index (χ2v) is 7.06. The minimum Gasteiger partial charge on any atom is -0.349 e. The van der Waals surface area contributed by atoms with Gasteiger partial charge in [0, 0.05) is 11.0 Å². The van der Waals surface area contributed by atoms with E-state index in [2.05, 4.69) is 21.2 Å². The van der Waals surface area contributed by atoms with Gasteiger partial charge in [0.1, 0.15) is 0 Å². The predicted octanol–water partition coefficient (Wildman–Crippen LogP) is 3.93. The van der Waals surface area contributed by atoms with E-state index in [0.29, 0.717) is 6.54 Å². The monoisotopic (exact) mass is 352 g/mol. The zero-order valence-electron chi connectivity index (χ0n) is 12.7. The Labute approximate surface area is 135 Å². The molecule has 1 aromatic carbocycles. The number of rotatable bonds is 4. The molecule has 1 atom stereocenters. The number of carbonyl (C=O) groups excluding carboxylic acids is 1. The van der Waals surface area contributed by atoms with Crippen LogP contribution in [-0.4, -0.2) is 12.5 Å². The quantitative estimate of drug-likeness (QED) is 0.806. The van der Waals surface area contributed by atoms with E-state index in [9.17, 15) is 4.79 Å². The van der Waals surface area contributed by atoms with Gasteiger partial charge in [-0.15, -0.1) is 0 Å². The third-order valence-corrected chi connectivity index (χ3v) is 5.12. The molecule has 3 N–H and O–H groups in total. The Balaban J connectivity index is 2.08. The fraction of sp³-hybridized carbons (Fsp3) is 0.588. The lowest BCUT2D eigenvalue weighted by molar-refractivity contribution is -0.132. The highest BCUT2D eigenvalue weighted by atomic mass is 79.9. The van der Waals surface area contributed by atoms with Crippen molar-refractivity contribution in [1.29, 1.82) is 0 Å². The Morgan fingerprint density at radius 3 is 2.57 bits per heavy atom. The molecule has 3 nitrogen and oxygen atoms in total. The predicted molar refractivity (Wildman–Crippen MR) is 89.9 cm³/mol. The molecule has 1 saturated carbocycles. The van der Waals surface area contributed by atoms with Crippen molar-refractivity contribution >= 4 is 21.8 Å². The Kier molecular flexibility index (Phi) is 5.82. The van der Waals surface area contributed by atoms with Gasteiger partial charge < -0.3 is 11.1 Å². The van der Waals surface area contributed by atoms with Crippen LogP contribution in [0.25, 0.3) is 0 Å². The molecule has 1 aliphatic rings. The molecule has 0 aliphatic heterocycles. The van der Waals surface area contributed by atoms with Gasteiger partial charge in [-0.05, 0) is 37.5 Å². The minimum absolute atomic E-state index is 0.00155. The molecule has 0 bridgehead atoms. The van der Waals surface area contributed by atoms with E-state index in [1.807, 2.05) is 31.2 Å². The Hall–Kier alpha value is -0.870. The first kappa shape index (κ1) is 16.5. The summed E-state index contributed by atoms with van der Waals surface area (Å²) in [6.07, 6.45) is 6.49. The molecule has 4 heteroatoms. The average molecular weight is 353 g/mol. The Morgan fingerprint density at radius 2 is 2.00 bits per heavy atom. The van der Waals surface area contributed by atoms with E-state index in [-0.39, 0.29) is 17.4 Å². The van der Waals surface area contributed by atoms with Crippen LogP contribution in [0.4, 0.5) is 0 Å². The number of halogens is 1. The molecule has 1 aliphatic carbocycles. The van der Waals surface area contributed by atoms with Crippen LogP contribution in [0.2, 0.25) is 0 Å². The summed E-state index contributed by atoms with van der Waals surface area (Å²) in [4.78, 5) is 12.8. The first-order valence-electron chi connectivity index (χ1n) is 7.84. The van der Waals surface area contributed by atoms with Gasteiger partial charge in [-0.2, -0.15) is 0 Å². The fourth-order valence-electron chi connectivity index (χ4n) is 3.14. The van der Waals surface area contributed by atoms with Crippen LogP contribution in [0.1, 0.15) is 57.1 Å². The number of amides is 1. The topological polar surface area (TPSA) is 55.1 Å². The number of hydrogen-bond acceptors (Lipinski definition) is 2. The highest BCUT2D eigenvalue weighted by molar-refractivity contribution is 9.10. The maximum absolute atomic E-state index is 12.8. The van der Waals surface area contributed by atoms with Crippen molar-refractivity contribution < 1.29 is 4.79 Å². The van der Waals surface area contributed by atoms with Gasteiger partial charge in [0.05, 0.1) is 11.5 Å². The number of nitrogens with one attached hydrogen (secondary N) is 1. The van der Waals surface area contributed by atoms with Crippen LogP contribution < -0.4 is 11.1 Å². The molecule has 21 heavy (non-hydrogen) atoms. The zero-order valence-corrected chi connectivity index (χ0v) is 14.3. The van der Waals surface area contributed by atoms with Gasteiger partial charge in [0.2, 0.25) is 5.91 Å². The Bertz CT molecular complexity index is 481. The third kappa shape index (κ3) is 4.07. The molecule has 0 unspecified atom stereocenters. The lowest BCUT2D eigenvalue weighted by atomic mass is 9.79.